The first-order valence-electron chi connectivity index (χ1n) is 6.36. The normalized spacial score (nSPS) is 20.7. The van der Waals surface area contributed by atoms with Crippen LogP contribution in [0.1, 0.15) is 6.42 Å². The number of hydrogen-bond acceptors (Lipinski definition) is 5. The van der Waals surface area contributed by atoms with Gasteiger partial charge in [0, 0.05) is 30.8 Å². The third-order valence-electron chi connectivity index (χ3n) is 3.54. The quantitative estimate of drug-likeness (QED) is 0.863. The van der Waals surface area contributed by atoms with Crippen LogP contribution >= 0.6 is 15.9 Å². The Kier molecular flexibility index (Phi) is 4.68. The van der Waals surface area contributed by atoms with E-state index < -0.39 is 10.0 Å². The predicted molar refractivity (Wildman–Crippen MR) is 81.8 cm³/mol. The second kappa shape index (κ2) is 5.97. The summed E-state index contributed by atoms with van der Waals surface area (Å²) in [5.41, 5.74) is 5.70. The molecule has 6 nitrogen and oxygen atoms in total. The number of nitrogens with two attached hydrogens (primary N) is 1. The lowest BCUT2D eigenvalue weighted by Crippen LogP contribution is -2.33. The van der Waals surface area contributed by atoms with Crippen molar-refractivity contribution in [3.05, 3.63) is 16.7 Å². The fourth-order valence-corrected chi connectivity index (χ4v) is 4.26. The van der Waals surface area contributed by atoms with Gasteiger partial charge >= 0.3 is 0 Å². The van der Waals surface area contributed by atoms with Gasteiger partial charge in [-0.05, 0) is 47.9 Å². The average Bonchev–Trinajstić information content (AvgIpc) is 2.77. The number of rotatable bonds is 4. The van der Waals surface area contributed by atoms with E-state index in [9.17, 15) is 8.42 Å². The maximum Gasteiger partial charge on any atom is 0.246 e. The van der Waals surface area contributed by atoms with E-state index in [1.807, 2.05) is 7.05 Å². The van der Waals surface area contributed by atoms with Crippen molar-refractivity contribution in [2.24, 2.45) is 5.92 Å². The molecule has 0 radical (unpaired) electrons. The molecule has 0 spiro atoms. The molecule has 1 saturated heterocycles. The van der Waals surface area contributed by atoms with Gasteiger partial charge in [0.15, 0.2) is 0 Å². The zero-order chi connectivity index (χ0) is 14.9. The van der Waals surface area contributed by atoms with Gasteiger partial charge in [-0.25, -0.2) is 17.7 Å². The summed E-state index contributed by atoms with van der Waals surface area (Å²) in [6, 6.07) is 1.49. The largest absolute Gasteiger partial charge is 0.383 e. The lowest BCUT2D eigenvalue weighted by Gasteiger charge is -2.21. The van der Waals surface area contributed by atoms with Gasteiger partial charge < -0.3 is 10.6 Å². The van der Waals surface area contributed by atoms with E-state index in [0.717, 1.165) is 19.5 Å². The Morgan fingerprint density at radius 2 is 2.30 bits per heavy atom. The molecule has 1 aliphatic heterocycles. The van der Waals surface area contributed by atoms with E-state index in [2.05, 4.69) is 25.8 Å². The van der Waals surface area contributed by atoms with Crippen LogP contribution < -0.4 is 5.73 Å². The summed E-state index contributed by atoms with van der Waals surface area (Å²) in [5.74, 6) is 0.393. The van der Waals surface area contributed by atoms with Crippen LogP contribution in [-0.2, 0) is 10.0 Å². The Morgan fingerprint density at radius 3 is 2.90 bits per heavy atom. The van der Waals surface area contributed by atoms with Crippen molar-refractivity contribution in [3.63, 3.8) is 0 Å². The maximum absolute atomic E-state index is 12.5. The van der Waals surface area contributed by atoms with E-state index in [0.29, 0.717) is 16.9 Å². The standard InChI is InChI=1S/C12H19BrN4O2S/c1-16-4-3-9(7-16)8-17(2)20(18,19)11-5-10(13)6-15-12(11)14/h5-6,9H,3-4,7-8H2,1-2H3,(H2,14,15). The molecule has 0 aliphatic carbocycles. The van der Waals surface area contributed by atoms with Crippen molar-refractivity contribution in [1.29, 1.82) is 0 Å². The number of aromatic nitrogens is 1. The SMILES string of the molecule is CN1CCC(CN(C)S(=O)(=O)c2cc(Br)cnc2N)C1. The molecule has 2 N–H and O–H groups in total. The minimum atomic E-state index is -3.60. The number of pyridine rings is 1. The average molecular weight is 363 g/mol. The third kappa shape index (κ3) is 3.30. The zero-order valence-corrected chi connectivity index (χ0v) is 14.0. The Hall–Kier alpha value is -0.700. The number of nitrogen functional groups attached to an aromatic ring is 1. The Morgan fingerprint density at radius 1 is 1.60 bits per heavy atom. The third-order valence-corrected chi connectivity index (χ3v) is 5.83. The Labute approximate surface area is 128 Å². The number of anilines is 1. The molecule has 8 heteroatoms. The molecule has 0 amide bonds. The number of nitrogens with zero attached hydrogens (tertiary/aromatic N) is 3. The van der Waals surface area contributed by atoms with Gasteiger partial charge in [-0.1, -0.05) is 0 Å². The molecule has 112 valence electrons. The highest BCUT2D eigenvalue weighted by Crippen LogP contribution is 2.25. The molecule has 1 unspecified atom stereocenters. The molecule has 20 heavy (non-hydrogen) atoms. The lowest BCUT2D eigenvalue weighted by molar-refractivity contribution is 0.357. The molecule has 1 aliphatic rings. The monoisotopic (exact) mass is 362 g/mol. The van der Waals surface area contributed by atoms with Crippen molar-refractivity contribution < 1.29 is 8.42 Å². The molecule has 0 bridgehead atoms. The van der Waals surface area contributed by atoms with E-state index in [4.69, 9.17) is 5.73 Å². The fraction of sp³-hybridized carbons (Fsp3) is 0.583. The number of sulfonamides is 1. The highest BCUT2D eigenvalue weighted by Gasteiger charge is 2.29. The summed E-state index contributed by atoms with van der Waals surface area (Å²) in [6.45, 7) is 2.43. The highest BCUT2D eigenvalue weighted by molar-refractivity contribution is 9.10. The summed E-state index contributed by atoms with van der Waals surface area (Å²) in [5, 5.41) is 0. The predicted octanol–water partition coefficient (Wildman–Crippen LogP) is 0.998. The second-order valence-corrected chi connectivity index (χ2v) is 8.17. The van der Waals surface area contributed by atoms with Gasteiger partial charge in [-0.2, -0.15) is 0 Å². The van der Waals surface area contributed by atoms with Gasteiger partial charge in [-0.15, -0.1) is 0 Å². The van der Waals surface area contributed by atoms with E-state index >= 15 is 0 Å². The van der Waals surface area contributed by atoms with Gasteiger partial charge in [0.1, 0.15) is 10.7 Å². The Balaban J connectivity index is 2.19. The van der Waals surface area contributed by atoms with Gasteiger partial charge in [0.05, 0.1) is 0 Å². The smallest absolute Gasteiger partial charge is 0.246 e. The van der Waals surface area contributed by atoms with E-state index in [1.54, 1.807) is 7.05 Å². The molecule has 1 aromatic heterocycles. The van der Waals surface area contributed by atoms with Crippen LogP contribution in [0.5, 0.6) is 0 Å². The summed E-state index contributed by atoms with van der Waals surface area (Å²) in [6.07, 6.45) is 2.50. The van der Waals surface area contributed by atoms with Crippen molar-refractivity contribution in [1.82, 2.24) is 14.2 Å². The maximum atomic E-state index is 12.5. The van der Waals surface area contributed by atoms with Crippen molar-refractivity contribution >= 4 is 31.8 Å². The lowest BCUT2D eigenvalue weighted by atomic mass is 10.1. The van der Waals surface area contributed by atoms with Crippen molar-refractivity contribution in [3.8, 4) is 0 Å². The molecule has 1 aromatic rings. The zero-order valence-electron chi connectivity index (χ0n) is 11.6. The van der Waals surface area contributed by atoms with Gasteiger partial charge in [0.25, 0.3) is 0 Å². The summed E-state index contributed by atoms with van der Waals surface area (Å²) >= 11 is 3.23. The molecule has 1 atom stereocenters. The van der Waals surface area contributed by atoms with Crippen LogP contribution in [0, 0.1) is 5.92 Å². The van der Waals surface area contributed by atoms with Crippen LogP contribution in [0.2, 0.25) is 0 Å². The fourth-order valence-electron chi connectivity index (χ4n) is 2.44. The van der Waals surface area contributed by atoms with Crippen LogP contribution in [-0.4, -0.2) is 56.3 Å². The summed E-state index contributed by atoms with van der Waals surface area (Å²) < 4.78 is 27.1. The van der Waals surface area contributed by atoms with Gasteiger partial charge in [0.2, 0.25) is 10.0 Å². The first-order valence-corrected chi connectivity index (χ1v) is 8.60. The minimum absolute atomic E-state index is 0.0311. The molecule has 1 fully saturated rings. The van der Waals surface area contributed by atoms with Crippen LogP contribution in [0.25, 0.3) is 0 Å². The molecule has 2 rings (SSSR count). The summed E-state index contributed by atoms with van der Waals surface area (Å²) in [4.78, 5) is 6.15. The van der Waals surface area contributed by atoms with E-state index in [1.165, 1.54) is 16.6 Å². The molecule has 0 saturated carbocycles. The molecular formula is C12H19BrN4O2S. The van der Waals surface area contributed by atoms with Gasteiger partial charge in [-0.3, -0.25) is 0 Å². The van der Waals surface area contributed by atoms with Crippen LogP contribution in [0.4, 0.5) is 5.82 Å². The summed E-state index contributed by atoms with van der Waals surface area (Å²) in [7, 11) is 0.0378. The van der Waals surface area contributed by atoms with E-state index in [-0.39, 0.29) is 10.7 Å². The molecule has 2 heterocycles. The first-order chi connectivity index (χ1) is 9.30. The highest BCUT2D eigenvalue weighted by atomic mass is 79.9. The Bertz CT molecular complexity index is 593. The number of halogens is 1. The molecule has 0 aromatic carbocycles. The van der Waals surface area contributed by atoms with Crippen molar-refractivity contribution in [2.45, 2.75) is 11.3 Å². The first kappa shape index (κ1) is 15.7. The van der Waals surface area contributed by atoms with Crippen LogP contribution in [0.3, 0.4) is 0 Å². The molecular weight excluding hydrogens is 344 g/mol. The second-order valence-electron chi connectivity index (χ2n) is 5.24. The minimum Gasteiger partial charge on any atom is -0.383 e. The number of hydrogen-bond donors (Lipinski definition) is 1. The topological polar surface area (TPSA) is 79.5 Å². The van der Waals surface area contributed by atoms with Crippen molar-refractivity contribution in [2.75, 3.05) is 39.5 Å². The number of likely N-dealkylation sites (tertiary alicyclic amines) is 1. The van der Waals surface area contributed by atoms with Crippen LogP contribution in [0.15, 0.2) is 21.6 Å².